The van der Waals surface area contributed by atoms with E-state index in [0.29, 0.717) is 17.5 Å². The maximum absolute atomic E-state index is 12.5. The number of fused-ring (bicyclic) bond motifs is 1. The van der Waals surface area contributed by atoms with Crippen molar-refractivity contribution in [3.05, 3.63) is 27.2 Å². The van der Waals surface area contributed by atoms with Gasteiger partial charge in [-0.2, -0.15) is 0 Å². The Morgan fingerprint density at radius 2 is 2.05 bits per heavy atom. The Morgan fingerprint density at radius 3 is 2.57 bits per heavy atom. The van der Waals surface area contributed by atoms with Gasteiger partial charge in [0.2, 0.25) is 0 Å². The highest BCUT2D eigenvalue weighted by Crippen LogP contribution is 2.47. The molecule has 0 bridgehead atoms. The third kappa shape index (κ3) is 2.72. The molecule has 1 N–H and O–H groups in total. The number of benzene rings is 1. The van der Waals surface area contributed by atoms with Crippen molar-refractivity contribution in [3.8, 4) is 5.75 Å². The fourth-order valence-electron chi connectivity index (χ4n) is 2.31. The van der Waals surface area contributed by atoms with E-state index in [1.54, 1.807) is 0 Å². The fraction of sp³-hybridized carbons (Fsp3) is 0.429. The van der Waals surface area contributed by atoms with Crippen molar-refractivity contribution >= 4 is 46.6 Å². The zero-order valence-corrected chi connectivity index (χ0v) is 13.6. The summed E-state index contributed by atoms with van der Waals surface area (Å²) in [6.45, 7) is 3.17. The maximum atomic E-state index is 12.5. The predicted octanol–water partition coefficient (Wildman–Crippen LogP) is 3.83. The Hall–Kier alpha value is -0.970. The van der Waals surface area contributed by atoms with Gasteiger partial charge in [-0.05, 0) is 17.5 Å². The van der Waals surface area contributed by atoms with Gasteiger partial charge in [-0.3, -0.25) is 4.79 Å². The van der Waals surface area contributed by atoms with Crippen molar-refractivity contribution in [3.63, 3.8) is 0 Å². The van der Waals surface area contributed by atoms with E-state index >= 15 is 0 Å². The molecule has 0 saturated heterocycles. The van der Waals surface area contributed by atoms with Crippen LogP contribution in [0.2, 0.25) is 10.0 Å². The van der Waals surface area contributed by atoms with Gasteiger partial charge in [-0.1, -0.05) is 37.0 Å². The van der Waals surface area contributed by atoms with Gasteiger partial charge in [-0.25, -0.2) is 4.79 Å². The first-order chi connectivity index (χ1) is 9.68. The first kappa shape index (κ1) is 16.4. The maximum Gasteiger partial charge on any atom is 0.341 e. The summed E-state index contributed by atoms with van der Waals surface area (Å²) in [7, 11) is 0. The lowest BCUT2D eigenvalue weighted by Gasteiger charge is -2.23. The zero-order valence-electron chi connectivity index (χ0n) is 11.4. The molecule has 1 aromatic rings. The molecular weight excluding hydrogens is 339 g/mol. The summed E-state index contributed by atoms with van der Waals surface area (Å²) in [5.41, 5.74) is 0.923. The Balaban J connectivity index is 2.48. The number of Topliss-reactive ketones (excluding diaryl/α,β-unsaturated/α-hetero) is 1. The summed E-state index contributed by atoms with van der Waals surface area (Å²) in [4.78, 5) is 22.0. The number of ketones is 1. The van der Waals surface area contributed by atoms with Crippen molar-refractivity contribution in [1.29, 1.82) is 0 Å². The molecule has 0 saturated carbocycles. The van der Waals surface area contributed by atoms with Crippen LogP contribution in [0.4, 0.5) is 0 Å². The minimum atomic E-state index is -1.13. The smallest absolute Gasteiger partial charge is 0.341 e. The molecule has 0 spiro atoms. The van der Waals surface area contributed by atoms with Crippen LogP contribution in [0.15, 0.2) is 6.07 Å². The molecule has 1 unspecified atom stereocenters. The van der Waals surface area contributed by atoms with Crippen molar-refractivity contribution in [2.75, 3.05) is 6.61 Å². The third-order valence-corrected chi connectivity index (χ3v) is 5.17. The average molecular weight is 352 g/mol. The lowest BCUT2D eigenvalue weighted by molar-refractivity contribution is -0.139. The second-order valence-corrected chi connectivity index (χ2v) is 6.67. The zero-order chi connectivity index (χ0) is 15.9. The number of carbonyl (C=O) groups excluding carboxylic acids is 1. The summed E-state index contributed by atoms with van der Waals surface area (Å²) in [5.74, 6) is -1.34. The average Bonchev–Trinajstić information content (AvgIpc) is 2.65. The molecule has 21 heavy (non-hydrogen) atoms. The molecule has 4 nitrogen and oxygen atoms in total. The molecule has 0 heterocycles. The Labute approximate surface area is 136 Å². The first-order valence-electron chi connectivity index (χ1n) is 6.27. The molecule has 1 aromatic carbocycles. The highest BCUT2D eigenvalue weighted by Gasteiger charge is 2.48. The van der Waals surface area contributed by atoms with Crippen LogP contribution in [0.5, 0.6) is 5.75 Å². The lowest BCUT2D eigenvalue weighted by atomic mass is 9.91. The largest absolute Gasteiger partial charge is 0.480 e. The topological polar surface area (TPSA) is 63.6 Å². The van der Waals surface area contributed by atoms with Crippen molar-refractivity contribution in [2.45, 2.75) is 25.1 Å². The number of aliphatic carboxylic acids is 1. The number of carbonyl (C=O) groups is 2. The highest BCUT2D eigenvalue weighted by molar-refractivity contribution is 6.48. The van der Waals surface area contributed by atoms with E-state index in [1.807, 2.05) is 13.8 Å². The molecule has 7 heteroatoms. The first-order valence-corrected chi connectivity index (χ1v) is 7.41. The quantitative estimate of drug-likeness (QED) is 0.837. The van der Waals surface area contributed by atoms with Crippen LogP contribution in [0.1, 0.15) is 29.8 Å². The normalized spacial score (nSPS) is 20.8. The lowest BCUT2D eigenvalue weighted by Crippen LogP contribution is -2.35. The van der Waals surface area contributed by atoms with E-state index in [-0.39, 0.29) is 27.5 Å². The molecule has 0 fully saturated rings. The fourth-order valence-corrected chi connectivity index (χ4v) is 3.06. The number of hydrogen-bond donors (Lipinski definition) is 1. The van der Waals surface area contributed by atoms with Crippen LogP contribution in [0.3, 0.4) is 0 Å². The van der Waals surface area contributed by atoms with Gasteiger partial charge in [0.25, 0.3) is 0 Å². The van der Waals surface area contributed by atoms with E-state index < -0.39 is 17.5 Å². The number of rotatable bonds is 4. The molecule has 0 aromatic heterocycles. The molecule has 0 radical (unpaired) electrons. The summed E-state index contributed by atoms with van der Waals surface area (Å²) >= 11 is 18.6. The van der Waals surface area contributed by atoms with Gasteiger partial charge in [0, 0.05) is 12.0 Å². The Kier molecular flexibility index (Phi) is 4.43. The van der Waals surface area contributed by atoms with Gasteiger partial charge in [-0.15, -0.1) is 11.6 Å². The second kappa shape index (κ2) is 5.67. The molecule has 0 aliphatic heterocycles. The number of carboxylic acids is 1. The van der Waals surface area contributed by atoms with E-state index in [4.69, 9.17) is 44.6 Å². The molecular formula is C14H13Cl3O4. The molecule has 0 amide bonds. The molecule has 1 aliphatic carbocycles. The standard InChI is InChI=1S/C14H13Cl3O4/c1-6(2)14(17)4-7-3-8(21-5-9(18)19)11(15)12(16)10(7)13(14)20/h3,6H,4-5H2,1-2H3,(H,18,19). The van der Waals surface area contributed by atoms with Crippen LogP contribution < -0.4 is 4.74 Å². The van der Waals surface area contributed by atoms with Gasteiger partial charge >= 0.3 is 5.97 Å². The SMILES string of the molecule is CC(C)C1(Cl)Cc2cc(OCC(=O)O)c(Cl)c(Cl)c2C1=O. The molecule has 2 rings (SSSR count). The number of carboxylic acid groups (broad SMARTS) is 1. The number of hydrogen-bond acceptors (Lipinski definition) is 3. The van der Waals surface area contributed by atoms with E-state index in [2.05, 4.69) is 0 Å². The predicted molar refractivity (Wildman–Crippen MR) is 81.0 cm³/mol. The van der Waals surface area contributed by atoms with Crippen LogP contribution in [0, 0.1) is 5.92 Å². The third-order valence-electron chi connectivity index (χ3n) is 3.57. The van der Waals surface area contributed by atoms with Gasteiger partial charge in [0.1, 0.15) is 15.6 Å². The van der Waals surface area contributed by atoms with Crippen LogP contribution in [-0.4, -0.2) is 28.3 Å². The van der Waals surface area contributed by atoms with Crippen molar-refractivity contribution < 1.29 is 19.4 Å². The number of ether oxygens (including phenoxy) is 1. The summed E-state index contributed by atoms with van der Waals surface area (Å²) in [5, 5.41) is 8.73. The van der Waals surface area contributed by atoms with Crippen molar-refractivity contribution in [2.24, 2.45) is 5.92 Å². The van der Waals surface area contributed by atoms with Crippen LogP contribution >= 0.6 is 34.8 Å². The minimum absolute atomic E-state index is 0.0229. The molecule has 114 valence electrons. The van der Waals surface area contributed by atoms with E-state index in [1.165, 1.54) is 6.07 Å². The second-order valence-electron chi connectivity index (χ2n) is 5.24. The van der Waals surface area contributed by atoms with E-state index in [9.17, 15) is 9.59 Å². The number of alkyl halides is 1. The van der Waals surface area contributed by atoms with Gasteiger partial charge < -0.3 is 9.84 Å². The Morgan fingerprint density at radius 1 is 1.43 bits per heavy atom. The summed E-state index contributed by atoms with van der Waals surface area (Å²) in [6.07, 6.45) is 0.306. The summed E-state index contributed by atoms with van der Waals surface area (Å²) < 4.78 is 5.10. The monoisotopic (exact) mass is 350 g/mol. The highest BCUT2D eigenvalue weighted by atomic mass is 35.5. The van der Waals surface area contributed by atoms with Crippen molar-refractivity contribution in [1.82, 2.24) is 0 Å². The van der Waals surface area contributed by atoms with E-state index in [0.717, 1.165) is 0 Å². The van der Waals surface area contributed by atoms with Crippen LogP contribution in [0.25, 0.3) is 0 Å². The van der Waals surface area contributed by atoms with Gasteiger partial charge in [0.05, 0.1) is 5.02 Å². The number of halogens is 3. The minimum Gasteiger partial charge on any atom is -0.480 e. The molecule has 1 atom stereocenters. The summed E-state index contributed by atoms with van der Waals surface area (Å²) in [6, 6.07) is 1.54. The van der Waals surface area contributed by atoms with Gasteiger partial charge in [0.15, 0.2) is 12.4 Å². The molecule has 1 aliphatic rings. The Bertz CT molecular complexity index is 627. The van der Waals surface area contributed by atoms with Crippen LogP contribution in [-0.2, 0) is 11.2 Å².